The lowest BCUT2D eigenvalue weighted by atomic mass is 10.0. The lowest BCUT2D eigenvalue weighted by molar-refractivity contribution is -0.236. The molecule has 6 nitrogen and oxygen atoms in total. The predicted molar refractivity (Wildman–Crippen MR) is 178 cm³/mol. The SMILES string of the molecule is CC(C)[Si](Oc1cc(OCc2ccccc2)c2c(/C=C\COOC(=O)N3CCCCCC3)c(F)ccc2c1)(C(C)C)C(C)C. The van der Waals surface area contributed by atoms with E-state index in [1.165, 1.54) is 6.07 Å². The van der Waals surface area contributed by atoms with Crippen molar-refractivity contribution < 1.29 is 28.1 Å². The van der Waals surface area contributed by atoms with Gasteiger partial charge in [0.15, 0.2) is 0 Å². The first-order valence-corrected chi connectivity index (χ1v) is 18.1. The third-order valence-corrected chi connectivity index (χ3v) is 14.7. The molecule has 4 rings (SSSR count). The zero-order valence-corrected chi connectivity index (χ0v) is 28.1. The number of rotatable bonds is 12. The van der Waals surface area contributed by atoms with Gasteiger partial charge in [0.1, 0.15) is 30.5 Å². The summed E-state index contributed by atoms with van der Waals surface area (Å²) >= 11 is 0. The number of carbonyl (C=O) groups excluding carboxylic acids is 1. The van der Waals surface area contributed by atoms with Gasteiger partial charge >= 0.3 is 6.09 Å². The lowest BCUT2D eigenvalue weighted by Gasteiger charge is -2.42. The van der Waals surface area contributed by atoms with Crippen LogP contribution in [0.15, 0.2) is 60.7 Å². The van der Waals surface area contributed by atoms with Gasteiger partial charge in [-0.05, 0) is 52.5 Å². The van der Waals surface area contributed by atoms with Crippen molar-refractivity contribution >= 4 is 31.3 Å². The fraction of sp³-hybridized carbons (Fsp3) is 0.472. The van der Waals surface area contributed by atoms with Crippen molar-refractivity contribution in [1.82, 2.24) is 4.90 Å². The van der Waals surface area contributed by atoms with Gasteiger partial charge in [0, 0.05) is 30.1 Å². The van der Waals surface area contributed by atoms with Crippen LogP contribution in [0.4, 0.5) is 9.18 Å². The van der Waals surface area contributed by atoms with Gasteiger partial charge in [-0.2, -0.15) is 4.89 Å². The Morgan fingerprint density at radius 3 is 2.20 bits per heavy atom. The first-order chi connectivity index (χ1) is 21.1. The molecule has 1 fully saturated rings. The molecule has 0 atom stereocenters. The fourth-order valence-corrected chi connectivity index (χ4v) is 11.9. The summed E-state index contributed by atoms with van der Waals surface area (Å²) in [4.78, 5) is 24.3. The highest BCUT2D eigenvalue weighted by Gasteiger charge is 2.47. The maximum absolute atomic E-state index is 15.4. The number of hydrogen-bond donors (Lipinski definition) is 0. The van der Waals surface area contributed by atoms with Crippen LogP contribution < -0.4 is 9.16 Å². The highest BCUT2D eigenvalue weighted by molar-refractivity contribution is 6.78. The summed E-state index contributed by atoms with van der Waals surface area (Å²) in [5.74, 6) is 0.908. The van der Waals surface area contributed by atoms with Crippen molar-refractivity contribution in [3.8, 4) is 11.5 Å². The number of carbonyl (C=O) groups is 1. The van der Waals surface area contributed by atoms with Crippen molar-refractivity contribution in [2.75, 3.05) is 19.7 Å². The van der Waals surface area contributed by atoms with Crippen LogP contribution in [0.2, 0.25) is 16.6 Å². The molecule has 44 heavy (non-hydrogen) atoms. The first-order valence-electron chi connectivity index (χ1n) is 16.0. The van der Waals surface area contributed by atoms with Gasteiger partial charge in [-0.3, -0.25) is 4.89 Å². The van der Waals surface area contributed by atoms with Crippen molar-refractivity contribution in [1.29, 1.82) is 0 Å². The quantitative estimate of drug-likeness (QED) is 0.0872. The summed E-state index contributed by atoms with van der Waals surface area (Å²) in [5, 5.41) is 1.47. The molecule has 0 N–H and O–H groups in total. The van der Waals surface area contributed by atoms with Crippen LogP contribution in [0.3, 0.4) is 0 Å². The largest absolute Gasteiger partial charge is 0.543 e. The Kier molecular flexibility index (Phi) is 11.9. The fourth-order valence-electron chi connectivity index (χ4n) is 6.63. The molecule has 0 radical (unpaired) electrons. The van der Waals surface area contributed by atoms with E-state index in [2.05, 4.69) is 41.5 Å². The average Bonchev–Trinajstić information content (AvgIpc) is 3.29. The van der Waals surface area contributed by atoms with E-state index in [1.807, 2.05) is 42.5 Å². The Bertz CT molecular complexity index is 1380. The minimum atomic E-state index is -2.25. The molecule has 238 valence electrons. The van der Waals surface area contributed by atoms with Crippen molar-refractivity contribution in [2.24, 2.45) is 0 Å². The molecule has 0 aliphatic carbocycles. The van der Waals surface area contributed by atoms with E-state index in [-0.39, 0.29) is 12.4 Å². The standard InChI is InChI=1S/C36H48FNO5Si/c1-26(2)44(27(3)4,28(5)6)43-31-23-30-18-19-33(37)32(35(30)34(24-31)40-25-29-15-10-9-11-16-29)17-14-22-41-42-36(39)38-20-12-7-8-13-21-38/h9-11,14-19,23-24,26-28H,7-8,12-13,20-22,25H2,1-6H3/b17-14-. The minimum Gasteiger partial charge on any atom is -0.543 e. The van der Waals surface area contributed by atoms with Crippen LogP contribution in [-0.2, 0) is 16.4 Å². The van der Waals surface area contributed by atoms with E-state index < -0.39 is 14.4 Å². The average molecular weight is 622 g/mol. The maximum atomic E-state index is 15.4. The van der Waals surface area contributed by atoms with Gasteiger partial charge in [-0.25, -0.2) is 9.18 Å². The zero-order valence-electron chi connectivity index (χ0n) is 27.1. The molecular formula is C36H48FNO5Si. The van der Waals surface area contributed by atoms with Gasteiger partial charge in [-0.1, -0.05) is 103 Å². The Morgan fingerprint density at radius 1 is 0.909 bits per heavy atom. The summed E-state index contributed by atoms with van der Waals surface area (Å²) < 4.78 is 28.8. The zero-order chi connectivity index (χ0) is 31.7. The van der Waals surface area contributed by atoms with Gasteiger partial charge in [0.2, 0.25) is 0 Å². The molecule has 0 spiro atoms. The van der Waals surface area contributed by atoms with E-state index in [1.54, 1.807) is 23.1 Å². The summed E-state index contributed by atoms with van der Waals surface area (Å²) in [7, 11) is -2.25. The molecule has 1 aliphatic rings. The number of ether oxygens (including phenoxy) is 1. The van der Waals surface area contributed by atoms with Crippen LogP contribution in [-0.4, -0.2) is 39.0 Å². The highest BCUT2D eigenvalue weighted by Crippen LogP contribution is 2.45. The summed E-state index contributed by atoms with van der Waals surface area (Å²) in [5.41, 5.74) is 2.57. The molecule has 8 heteroatoms. The van der Waals surface area contributed by atoms with Gasteiger partial charge in [0.05, 0.1) is 0 Å². The van der Waals surface area contributed by atoms with E-state index in [4.69, 9.17) is 18.9 Å². The Labute approximate surface area is 263 Å². The predicted octanol–water partition coefficient (Wildman–Crippen LogP) is 10.1. The van der Waals surface area contributed by atoms with Crippen LogP contribution in [0, 0.1) is 5.82 Å². The van der Waals surface area contributed by atoms with Gasteiger partial charge in [-0.15, -0.1) is 0 Å². The normalized spacial score (nSPS) is 14.5. The smallest absolute Gasteiger partial charge is 0.441 e. The van der Waals surface area contributed by atoms with E-state index in [9.17, 15) is 4.79 Å². The van der Waals surface area contributed by atoms with E-state index >= 15 is 4.39 Å². The van der Waals surface area contributed by atoms with Crippen LogP contribution in [0.5, 0.6) is 11.5 Å². The molecule has 1 amide bonds. The number of likely N-dealkylation sites (tertiary alicyclic amines) is 1. The number of halogens is 1. The molecule has 0 saturated carbocycles. The number of nitrogens with zero attached hydrogens (tertiary/aromatic N) is 1. The number of amides is 1. The molecule has 1 saturated heterocycles. The van der Waals surface area contributed by atoms with Crippen molar-refractivity contribution in [3.05, 3.63) is 77.6 Å². The third kappa shape index (κ3) is 8.01. The molecule has 0 aromatic heterocycles. The summed E-state index contributed by atoms with van der Waals surface area (Å²) in [6.45, 7) is 15.2. The Morgan fingerprint density at radius 2 is 1.57 bits per heavy atom. The highest BCUT2D eigenvalue weighted by atomic mass is 28.4. The van der Waals surface area contributed by atoms with Crippen LogP contribution >= 0.6 is 0 Å². The maximum Gasteiger partial charge on any atom is 0.441 e. The van der Waals surface area contributed by atoms with Crippen molar-refractivity contribution in [3.63, 3.8) is 0 Å². The Balaban J connectivity index is 1.63. The lowest BCUT2D eigenvalue weighted by Crippen LogP contribution is -2.50. The summed E-state index contributed by atoms with van der Waals surface area (Å²) in [6, 6.07) is 17.1. The molecule has 3 aromatic rings. The molecule has 1 heterocycles. The second-order valence-corrected chi connectivity index (χ2v) is 18.0. The first kappa shape index (κ1) is 33.5. The minimum absolute atomic E-state index is 0.0118. The number of benzene rings is 3. The molecule has 0 bridgehead atoms. The molecule has 3 aromatic carbocycles. The number of hydrogen-bond acceptors (Lipinski definition) is 5. The molecular weight excluding hydrogens is 573 g/mol. The van der Waals surface area contributed by atoms with E-state index in [0.717, 1.165) is 42.4 Å². The van der Waals surface area contributed by atoms with Crippen LogP contribution in [0.1, 0.15) is 78.4 Å². The van der Waals surface area contributed by atoms with Gasteiger partial charge in [0.25, 0.3) is 8.32 Å². The number of fused-ring (bicyclic) bond motifs is 1. The van der Waals surface area contributed by atoms with Crippen LogP contribution in [0.25, 0.3) is 16.8 Å². The third-order valence-electron chi connectivity index (χ3n) is 8.72. The molecule has 1 aliphatic heterocycles. The second-order valence-electron chi connectivity index (χ2n) is 12.6. The Hall–Kier alpha value is -3.36. The summed E-state index contributed by atoms with van der Waals surface area (Å²) in [6.07, 6.45) is 6.98. The second kappa shape index (κ2) is 15.6. The molecule has 0 unspecified atom stereocenters. The topological polar surface area (TPSA) is 57.2 Å². The van der Waals surface area contributed by atoms with E-state index in [0.29, 0.717) is 53.0 Å². The van der Waals surface area contributed by atoms with Crippen molar-refractivity contribution in [2.45, 2.75) is 90.5 Å². The monoisotopic (exact) mass is 621 g/mol. The van der Waals surface area contributed by atoms with Gasteiger partial charge < -0.3 is 14.1 Å².